The van der Waals surface area contributed by atoms with Crippen molar-refractivity contribution >= 4 is 0 Å². The van der Waals surface area contributed by atoms with Crippen molar-refractivity contribution in [2.75, 3.05) is 6.79 Å². The van der Waals surface area contributed by atoms with Crippen molar-refractivity contribution in [1.29, 1.82) is 0 Å². The zero-order chi connectivity index (χ0) is 6.10. The fourth-order valence-corrected chi connectivity index (χ4v) is 0.919. The molecule has 0 amide bonds. The fraction of sp³-hybridized carbons (Fsp3) is 0.143. The van der Waals surface area contributed by atoms with Crippen LogP contribution in [0.2, 0.25) is 0 Å². The van der Waals surface area contributed by atoms with E-state index in [0.717, 1.165) is 11.5 Å². The van der Waals surface area contributed by atoms with Gasteiger partial charge < -0.3 is 9.47 Å². The van der Waals surface area contributed by atoms with Crippen LogP contribution in [0.25, 0.3) is 0 Å². The van der Waals surface area contributed by atoms with E-state index in [1.165, 1.54) is 0 Å². The van der Waals surface area contributed by atoms with E-state index >= 15 is 0 Å². The number of hydrogen-bond donors (Lipinski definition) is 0. The van der Waals surface area contributed by atoms with Crippen LogP contribution in [0.4, 0.5) is 0 Å². The number of rotatable bonds is 0. The monoisotopic (exact) mass is 124 g/mol. The number of hydrogen-bond acceptors (Lipinski definition) is 0. The van der Waals surface area contributed by atoms with Gasteiger partial charge in [0.2, 0.25) is 0 Å². The average molecular weight is 124 g/mol. The van der Waals surface area contributed by atoms with Crippen LogP contribution in [0.15, 0.2) is 24.3 Å². The van der Waals surface area contributed by atoms with Crippen LogP contribution < -0.4 is 0 Å². The van der Waals surface area contributed by atoms with Gasteiger partial charge in [0.15, 0.2) is 0 Å². The van der Waals surface area contributed by atoms with Crippen LogP contribution in [0, 0.1) is 0 Å². The van der Waals surface area contributed by atoms with Crippen LogP contribution >= 0.6 is 0 Å². The topological polar surface area (TPSA) is 25.6 Å². The summed E-state index contributed by atoms with van der Waals surface area (Å²) >= 11 is 0. The molecule has 0 radical (unpaired) electrons. The summed E-state index contributed by atoms with van der Waals surface area (Å²) < 4.78 is 8.27. The molecule has 2 rings (SSSR count). The molecule has 0 spiro atoms. The molecular formula is C7H8O2+2. The van der Waals surface area contributed by atoms with E-state index in [2.05, 4.69) is 9.47 Å². The third kappa shape index (κ3) is 0.633. The lowest BCUT2D eigenvalue weighted by Gasteiger charge is -1.81. The molecule has 1 heterocycles. The van der Waals surface area contributed by atoms with Crippen LogP contribution in [0.5, 0.6) is 11.5 Å². The van der Waals surface area contributed by atoms with Gasteiger partial charge in [-0.2, -0.15) is 0 Å². The Morgan fingerprint density at radius 2 is 1.56 bits per heavy atom. The molecular weight excluding hydrogens is 116 g/mol. The van der Waals surface area contributed by atoms with Gasteiger partial charge in [0.05, 0.1) is 0 Å². The number of para-hydroxylation sites is 2. The zero-order valence-electron chi connectivity index (χ0n) is 4.91. The quantitative estimate of drug-likeness (QED) is 0.366. The molecule has 0 aromatic heterocycles. The minimum Gasteiger partial charge on any atom is -0.510 e. The van der Waals surface area contributed by atoms with Crippen molar-refractivity contribution in [3.05, 3.63) is 24.3 Å². The Labute approximate surface area is 53.0 Å². The highest BCUT2D eigenvalue weighted by Crippen LogP contribution is 2.32. The summed E-state index contributed by atoms with van der Waals surface area (Å²) in [5.74, 6) is 2.05. The van der Waals surface area contributed by atoms with E-state index in [1.54, 1.807) is 0 Å². The van der Waals surface area contributed by atoms with Gasteiger partial charge in [0, 0.05) is 12.1 Å². The van der Waals surface area contributed by atoms with Crippen molar-refractivity contribution in [1.82, 2.24) is 0 Å². The SMILES string of the molecule is c1ccc2c(c1)[OH+]C[OH+]2. The third-order valence-electron chi connectivity index (χ3n) is 1.36. The molecule has 2 heteroatoms. The summed E-state index contributed by atoms with van der Waals surface area (Å²) in [5.41, 5.74) is 0. The van der Waals surface area contributed by atoms with E-state index in [0.29, 0.717) is 6.79 Å². The van der Waals surface area contributed by atoms with Gasteiger partial charge in [0.1, 0.15) is 0 Å². The Balaban J connectivity index is 2.54. The van der Waals surface area contributed by atoms with E-state index in [9.17, 15) is 0 Å². The van der Waals surface area contributed by atoms with Crippen molar-refractivity contribution in [2.45, 2.75) is 0 Å². The molecule has 0 bridgehead atoms. The summed E-state index contributed by atoms with van der Waals surface area (Å²) in [4.78, 5) is 0. The Kier molecular flexibility index (Phi) is 0.859. The van der Waals surface area contributed by atoms with Crippen molar-refractivity contribution in [3.8, 4) is 11.5 Å². The highest BCUT2D eigenvalue weighted by molar-refractivity contribution is 5.39. The molecule has 0 saturated heterocycles. The van der Waals surface area contributed by atoms with Gasteiger partial charge in [-0.3, -0.25) is 0 Å². The van der Waals surface area contributed by atoms with Crippen molar-refractivity contribution in [3.63, 3.8) is 0 Å². The van der Waals surface area contributed by atoms with Gasteiger partial charge in [-0.25, -0.2) is 0 Å². The van der Waals surface area contributed by atoms with E-state index in [1.807, 2.05) is 24.3 Å². The molecule has 2 nitrogen and oxygen atoms in total. The predicted octanol–water partition coefficient (Wildman–Crippen LogP) is 1.14. The largest absolute Gasteiger partial charge is 0.510 e. The molecule has 0 saturated carbocycles. The molecule has 0 fully saturated rings. The minimum atomic E-state index is 0.610. The lowest BCUT2D eigenvalue weighted by atomic mass is 10.3. The molecule has 0 unspecified atom stereocenters. The van der Waals surface area contributed by atoms with Gasteiger partial charge in [-0.15, -0.1) is 0 Å². The molecule has 9 heavy (non-hydrogen) atoms. The first kappa shape index (κ1) is 4.68. The third-order valence-corrected chi connectivity index (χ3v) is 1.36. The highest BCUT2D eigenvalue weighted by atomic mass is 16.7. The van der Waals surface area contributed by atoms with Crippen molar-refractivity contribution < 1.29 is 9.47 Å². The maximum absolute atomic E-state index is 4.13. The molecule has 0 atom stereocenters. The first-order valence-electron chi connectivity index (χ1n) is 2.91. The van der Waals surface area contributed by atoms with Gasteiger partial charge >= 0.3 is 18.3 Å². The van der Waals surface area contributed by atoms with Gasteiger partial charge in [0.25, 0.3) is 0 Å². The lowest BCUT2D eigenvalue weighted by molar-refractivity contribution is -0.0963. The fourth-order valence-electron chi connectivity index (χ4n) is 0.919. The zero-order valence-corrected chi connectivity index (χ0v) is 4.91. The second kappa shape index (κ2) is 1.65. The molecule has 46 valence electrons. The first-order chi connectivity index (χ1) is 4.47. The molecule has 1 aromatic carbocycles. The van der Waals surface area contributed by atoms with E-state index in [4.69, 9.17) is 0 Å². The summed E-state index contributed by atoms with van der Waals surface area (Å²) in [6.45, 7) is 0.610. The van der Waals surface area contributed by atoms with Gasteiger partial charge in [-0.05, 0) is 0 Å². The average Bonchev–Trinajstić information content (AvgIpc) is 2.33. The molecule has 2 N–H and O–H groups in total. The Morgan fingerprint density at radius 3 is 2.11 bits per heavy atom. The summed E-state index contributed by atoms with van der Waals surface area (Å²) in [5, 5.41) is 0. The highest BCUT2D eigenvalue weighted by Gasteiger charge is 2.20. The predicted molar refractivity (Wildman–Crippen MR) is 34.6 cm³/mol. The minimum absolute atomic E-state index is 0.610. The van der Waals surface area contributed by atoms with E-state index < -0.39 is 0 Å². The Hall–Kier alpha value is -1.18. The molecule has 1 aliphatic rings. The first-order valence-corrected chi connectivity index (χ1v) is 2.91. The van der Waals surface area contributed by atoms with Crippen LogP contribution in [-0.4, -0.2) is 16.3 Å². The molecule has 1 aliphatic heterocycles. The number of ether oxygens (including phenoxy) is 2. The Morgan fingerprint density at radius 1 is 1.00 bits per heavy atom. The summed E-state index contributed by atoms with van der Waals surface area (Å²) in [7, 11) is 0. The van der Waals surface area contributed by atoms with Crippen LogP contribution in [-0.2, 0) is 0 Å². The number of aromatic hydroxyl groups is 2. The normalized spacial score (nSPS) is 13.8. The number of benzene rings is 1. The number of fused-ring (bicyclic) bond motifs is 1. The summed E-state index contributed by atoms with van der Waals surface area (Å²) in [6.07, 6.45) is 0. The smallest absolute Gasteiger partial charge is 0.412 e. The maximum atomic E-state index is 4.13. The Bertz CT molecular complexity index is 197. The standard InChI is InChI=1S/C7H6O2/c1-2-4-7-6(3-1)8-5-9-7/h1-4H,5H2/p+2. The van der Waals surface area contributed by atoms with Crippen LogP contribution in [0.1, 0.15) is 0 Å². The summed E-state index contributed by atoms with van der Waals surface area (Å²) in [6, 6.07) is 7.91. The van der Waals surface area contributed by atoms with Gasteiger partial charge in [-0.1, -0.05) is 12.1 Å². The molecule has 0 aliphatic carbocycles. The lowest BCUT2D eigenvalue weighted by Crippen LogP contribution is -1.85. The molecule has 1 aromatic rings. The second-order valence-electron chi connectivity index (χ2n) is 1.95. The number of aliphatic hydroxyl groups is 2. The van der Waals surface area contributed by atoms with Crippen LogP contribution in [0.3, 0.4) is 0 Å². The van der Waals surface area contributed by atoms with E-state index in [-0.39, 0.29) is 0 Å². The maximum Gasteiger partial charge on any atom is 0.412 e. The van der Waals surface area contributed by atoms with Crippen molar-refractivity contribution in [2.24, 2.45) is 0 Å². The second-order valence-corrected chi connectivity index (χ2v) is 1.95.